The smallest absolute Gasteiger partial charge is 0.298 e. The van der Waals surface area contributed by atoms with Gasteiger partial charge in [-0.25, -0.2) is 18.6 Å². The number of piperidine rings is 1. The summed E-state index contributed by atoms with van der Waals surface area (Å²) in [5.74, 6) is 2.82. The number of aromatic amines is 1. The van der Waals surface area contributed by atoms with Gasteiger partial charge in [0.15, 0.2) is 23.2 Å². The van der Waals surface area contributed by atoms with Crippen LogP contribution in [0.25, 0.3) is 16.6 Å². The summed E-state index contributed by atoms with van der Waals surface area (Å²) in [6, 6.07) is 9.75. The second-order valence-electron chi connectivity index (χ2n) is 8.57. The van der Waals surface area contributed by atoms with E-state index < -0.39 is 22.9 Å². The molecular weight excluding hydrogens is 482 g/mol. The van der Waals surface area contributed by atoms with Crippen molar-refractivity contribution in [1.29, 1.82) is 0 Å². The van der Waals surface area contributed by atoms with Crippen molar-refractivity contribution in [3.63, 3.8) is 0 Å². The minimum atomic E-state index is -0.824. The SMILES string of the molecule is CC#CC(=O)N1CCCC(c2nn(-c3ccc(Oc4c(F)cccc4F)cc3)c3c(N)n[nH]c(=O)c23)C1. The third-order valence-electron chi connectivity index (χ3n) is 6.21. The highest BCUT2D eigenvalue weighted by Crippen LogP contribution is 2.33. The fourth-order valence-electron chi connectivity index (χ4n) is 4.51. The average Bonchev–Trinajstić information content (AvgIpc) is 3.31. The van der Waals surface area contributed by atoms with E-state index in [9.17, 15) is 18.4 Å². The van der Waals surface area contributed by atoms with Gasteiger partial charge in [0.25, 0.3) is 11.5 Å². The Morgan fingerprint density at radius 1 is 1.19 bits per heavy atom. The zero-order valence-corrected chi connectivity index (χ0v) is 19.8. The lowest BCUT2D eigenvalue weighted by Gasteiger charge is -2.30. The van der Waals surface area contributed by atoms with E-state index in [1.165, 1.54) is 22.9 Å². The van der Waals surface area contributed by atoms with E-state index >= 15 is 0 Å². The van der Waals surface area contributed by atoms with Crippen molar-refractivity contribution in [3.05, 3.63) is 70.1 Å². The molecule has 1 aliphatic rings. The van der Waals surface area contributed by atoms with E-state index in [1.54, 1.807) is 24.0 Å². The van der Waals surface area contributed by atoms with Gasteiger partial charge in [0.05, 0.1) is 16.8 Å². The number of likely N-dealkylation sites (tertiary alicyclic amines) is 1. The topological polar surface area (TPSA) is 119 Å². The van der Waals surface area contributed by atoms with Gasteiger partial charge in [-0.1, -0.05) is 12.0 Å². The van der Waals surface area contributed by atoms with Crippen LogP contribution in [0, 0.1) is 23.5 Å². The quantitative estimate of drug-likeness (QED) is 0.411. The lowest BCUT2D eigenvalue weighted by molar-refractivity contribution is -0.126. The number of nitrogens with one attached hydrogen (secondary N) is 1. The summed E-state index contributed by atoms with van der Waals surface area (Å²) in [4.78, 5) is 26.9. The van der Waals surface area contributed by atoms with Crippen molar-refractivity contribution in [2.24, 2.45) is 0 Å². The van der Waals surface area contributed by atoms with Crippen LogP contribution in [0.3, 0.4) is 0 Å². The van der Waals surface area contributed by atoms with E-state index in [1.807, 2.05) is 0 Å². The highest BCUT2D eigenvalue weighted by molar-refractivity contribution is 5.94. The Morgan fingerprint density at radius 3 is 2.62 bits per heavy atom. The summed E-state index contributed by atoms with van der Waals surface area (Å²) in [6.45, 7) is 2.54. The standard InChI is InChI=1S/C26H22F2N6O3/c1-2-5-20(35)33-13-4-6-15(14-33)22-21-23(25(29)30-31-26(21)36)34(32-22)16-9-11-17(12-10-16)37-24-18(27)7-3-8-19(24)28/h3,7-12,15H,4,6,13-14H2,1H3,(H2,29,30)(H,31,36). The number of ether oxygens (including phenoxy) is 1. The Kier molecular flexibility index (Phi) is 6.31. The minimum Gasteiger partial charge on any atom is -0.451 e. The minimum absolute atomic E-state index is 0.0719. The van der Waals surface area contributed by atoms with Crippen molar-refractivity contribution in [2.75, 3.05) is 18.8 Å². The zero-order valence-electron chi connectivity index (χ0n) is 19.8. The van der Waals surface area contributed by atoms with Gasteiger partial charge in [0, 0.05) is 19.0 Å². The van der Waals surface area contributed by atoms with Crippen LogP contribution >= 0.6 is 0 Å². The average molecular weight is 504 g/mol. The molecule has 0 aliphatic carbocycles. The monoisotopic (exact) mass is 504 g/mol. The van der Waals surface area contributed by atoms with Crippen molar-refractivity contribution in [1.82, 2.24) is 24.9 Å². The number of rotatable bonds is 4. The molecule has 2 aromatic carbocycles. The number of benzene rings is 2. The molecule has 188 valence electrons. The molecule has 5 rings (SSSR count). The van der Waals surface area contributed by atoms with Crippen molar-refractivity contribution < 1.29 is 18.3 Å². The molecule has 3 N–H and O–H groups in total. The summed E-state index contributed by atoms with van der Waals surface area (Å²) >= 11 is 0. The molecule has 3 heterocycles. The molecule has 0 radical (unpaired) electrons. The van der Waals surface area contributed by atoms with E-state index in [0.29, 0.717) is 35.4 Å². The van der Waals surface area contributed by atoms with Crippen LogP contribution in [0.4, 0.5) is 14.6 Å². The number of para-hydroxylation sites is 1. The number of nitrogens with zero attached hydrogens (tertiary/aromatic N) is 4. The van der Waals surface area contributed by atoms with E-state index in [-0.39, 0.29) is 23.4 Å². The first-order valence-electron chi connectivity index (χ1n) is 11.6. The van der Waals surface area contributed by atoms with E-state index in [0.717, 1.165) is 25.0 Å². The van der Waals surface area contributed by atoms with Crippen LogP contribution < -0.4 is 16.0 Å². The number of fused-ring (bicyclic) bond motifs is 1. The summed E-state index contributed by atoms with van der Waals surface area (Å²) in [6.07, 6.45) is 1.45. The first kappa shape index (κ1) is 24.0. The molecule has 0 spiro atoms. The number of carbonyl (C=O) groups is 1. The molecule has 1 unspecified atom stereocenters. The molecule has 4 aromatic rings. The molecule has 1 fully saturated rings. The first-order valence-corrected chi connectivity index (χ1v) is 11.6. The molecule has 1 amide bonds. The van der Waals surface area contributed by atoms with Crippen LogP contribution in [-0.2, 0) is 4.79 Å². The van der Waals surface area contributed by atoms with Gasteiger partial charge in [-0.05, 0) is 62.1 Å². The number of H-pyrrole nitrogens is 1. The summed E-state index contributed by atoms with van der Waals surface area (Å²) in [7, 11) is 0. The fourth-order valence-corrected chi connectivity index (χ4v) is 4.51. The predicted octanol–water partition coefficient (Wildman–Crippen LogP) is 3.49. The maximum absolute atomic E-state index is 14.0. The Balaban J connectivity index is 1.53. The largest absolute Gasteiger partial charge is 0.451 e. The van der Waals surface area contributed by atoms with Crippen molar-refractivity contribution in [3.8, 4) is 29.0 Å². The fraction of sp³-hybridized carbons (Fsp3) is 0.231. The first-order chi connectivity index (χ1) is 17.9. The number of nitrogens with two attached hydrogens (primary N) is 1. The van der Waals surface area contributed by atoms with Crippen LogP contribution in [0.1, 0.15) is 31.4 Å². The Bertz CT molecular complexity index is 1600. The van der Waals surface area contributed by atoms with Crippen LogP contribution in [0.2, 0.25) is 0 Å². The molecule has 1 saturated heterocycles. The van der Waals surface area contributed by atoms with Gasteiger partial charge in [0.2, 0.25) is 0 Å². The van der Waals surface area contributed by atoms with Gasteiger partial charge < -0.3 is 15.4 Å². The Labute approximate surface area is 209 Å². The summed E-state index contributed by atoms with van der Waals surface area (Å²) in [5.41, 5.74) is 7.06. The van der Waals surface area contributed by atoms with Gasteiger partial charge in [-0.15, -0.1) is 0 Å². The number of anilines is 1. The Morgan fingerprint density at radius 2 is 1.92 bits per heavy atom. The predicted molar refractivity (Wildman–Crippen MR) is 132 cm³/mol. The van der Waals surface area contributed by atoms with Crippen molar-refractivity contribution >= 4 is 22.6 Å². The molecule has 11 heteroatoms. The summed E-state index contributed by atoms with van der Waals surface area (Å²) in [5, 5.41) is 11.3. The third-order valence-corrected chi connectivity index (χ3v) is 6.21. The lowest BCUT2D eigenvalue weighted by Crippen LogP contribution is -2.38. The molecule has 2 aromatic heterocycles. The normalized spacial score (nSPS) is 15.3. The van der Waals surface area contributed by atoms with Gasteiger partial charge in [-0.2, -0.15) is 10.2 Å². The van der Waals surface area contributed by atoms with Gasteiger partial charge >= 0.3 is 0 Å². The second kappa shape index (κ2) is 9.73. The highest BCUT2D eigenvalue weighted by atomic mass is 19.1. The number of amides is 1. The number of halogens is 2. The number of carbonyl (C=O) groups excluding carboxylic acids is 1. The van der Waals surface area contributed by atoms with E-state index in [4.69, 9.17) is 15.6 Å². The third kappa shape index (κ3) is 4.49. The van der Waals surface area contributed by atoms with Gasteiger partial charge in [0.1, 0.15) is 11.3 Å². The van der Waals surface area contributed by atoms with Crippen LogP contribution in [0.5, 0.6) is 11.5 Å². The van der Waals surface area contributed by atoms with Crippen LogP contribution in [-0.4, -0.2) is 43.9 Å². The number of hydrogen-bond donors (Lipinski definition) is 2. The molecule has 9 nitrogen and oxygen atoms in total. The number of aromatic nitrogens is 4. The molecule has 0 saturated carbocycles. The second-order valence-corrected chi connectivity index (χ2v) is 8.57. The summed E-state index contributed by atoms with van der Waals surface area (Å²) < 4.78 is 34.8. The van der Waals surface area contributed by atoms with Gasteiger partial charge in [-0.3, -0.25) is 9.59 Å². The van der Waals surface area contributed by atoms with Crippen LogP contribution in [0.15, 0.2) is 47.3 Å². The molecule has 1 aliphatic heterocycles. The highest BCUT2D eigenvalue weighted by Gasteiger charge is 2.30. The number of nitrogen functional groups attached to an aromatic ring is 1. The number of hydrogen-bond acceptors (Lipinski definition) is 6. The molecule has 1 atom stereocenters. The van der Waals surface area contributed by atoms with E-state index in [2.05, 4.69) is 22.0 Å². The maximum Gasteiger partial charge on any atom is 0.298 e. The lowest BCUT2D eigenvalue weighted by atomic mass is 9.93. The Hall–Kier alpha value is -4.72. The maximum atomic E-state index is 14.0. The molecular formula is C26H22F2N6O3. The molecule has 37 heavy (non-hydrogen) atoms. The van der Waals surface area contributed by atoms with Crippen molar-refractivity contribution in [2.45, 2.75) is 25.7 Å². The zero-order chi connectivity index (χ0) is 26.1. The molecule has 0 bridgehead atoms.